The van der Waals surface area contributed by atoms with Gasteiger partial charge in [0.05, 0.1) is 5.57 Å². The van der Waals surface area contributed by atoms with Crippen molar-refractivity contribution in [2.24, 2.45) is 0 Å². The molecule has 2 aromatic carbocycles. The van der Waals surface area contributed by atoms with Crippen molar-refractivity contribution in [3.63, 3.8) is 0 Å². The van der Waals surface area contributed by atoms with Gasteiger partial charge in [0.15, 0.2) is 0 Å². The Bertz CT molecular complexity index is 809. The highest BCUT2D eigenvalue weighted by molar-refractivity contribution is 6.32. The van der Waals surface area contributed by atoms with Crippen molar-refractivity contribution in [2.75, 3.05) is 28.6 Å². The minimum absolute atomic E-state index is 0.0601. The maximum atomic E-state index is 12.3. The van der Waals surface area contributed by atoms with E-state index in [1.165, 1.54) is 18.5 Å². The van der Waals surface area contributed by atoms with Crippen molar-refractivity contribution < 1.29 is 4.79 Å². The largest absolute Gasteiger partial charge is 0.372 e. The van der Waals surface area contributed by atoms with Crippen LogP contribution in [0.5, 0.6) is 0 Å². The highest BCUT2D eigenvalue weighted by Gasteiger charge is 2.25. The molecular weight excluding hydrogens is 322 g/mol. The molecule has 136 valence electrons. The van der Waals surface area contributed by atoms with Gasteiger partial charge in [0, 0.05) is 41.9 Å². The van der Waals surface area contributed by atoms with Gasteiger partial charge in [-0.1, -0.05) is 25.5 Å². The lowest BCUT2D eigenvalue weighted by Gasteiger charge is -2.23. The minimum Gasteiger partial charge on any atom is -0.372 e. The second kappa shape index (κ2) is 8.09. The molecule has 2 aromatic rings. The monoisotopic (exact) mass is 349 g/mol. The predicted molar refractivity (Wildman–Crippen MR) is 111 cm³/mol. The summed E-state index contributed by atoms with van der Waals surface area (Å²) in [6.45, 7) is 8.52. The number of carbonyl (C=O) groups is 1. The van der Waals surface area contributed by atoms with Crippen LogP contribution in [0.1, 0.15) is 37.8 Å². The van der Waals surface area contributed by atoms with Gasteiger partial charge in [-0.25, -0.2) is 0 Å². The number of aryl methyl sites for hydroxylation is 1. The van der Waals surface area contributed by atoms with Crippen LogP contribution in [0, 0.1) is 6.92 Å². The van der Waals surface area contributed by atoms with Crippen molar-refractivity contribution in [1.82, 2.24) is 0 Å². The van der Waals surface area contributed by atoms with Crippen LogP contribution in [0.15, 0.2) is 48.7 Å². The van der Waals surface area contributed by atoms with Gasteiger partial charge in [0.1, 0.15) is 0 Å². The van der Waals surface area contributed by atoms with Gasteiger partial charge < -0.3 is 15.5 Å². The van der Waals surface area contributed by atoms with Gasteiger partial charge >= 0.3 is 0 Å². The van der Waals surface area contributed by atoms with Crippen LogP contribution in [0.25, 0.3) is 5.57 Å². The molecule has 2 N–H and O–H groups in total. The van der Waals surface area contributed by atoms with Crippen LogP contribution in [-0.2, 0) is 4.79 Å². The molecule has 0 saturated carbocycles. The van der Waals surface area contributed by atoms with Crippen molar-refractivity contribution in [3.05, 3.63) is 59.8 Å². The first-order valence-electron chi connectivity index (χ1n) is 9.37. The molecule has 4 nitrogen and oxygen atoms in total. The molecule has 0 radical (unpaired) electrons. The maximum absolute atomic E-state index is 12.3. The summed E-state index contributed by atoms with van der Waals surface area (Å²) >= 11 is 0. The number of anilines is 3. The van der Waals surface area contributed by atoms with E-state index >= 15 is 0 Å². The molecule has 26 heavy (non-hydrogen) atoms. The fraction of sp³-hybridized carbons (Fsp3) is 0.318. The molecule has 0 unspecified atom stereocenters. The van der Waals surface area contributed by atoms with Crippen LogP contribution >= 0.6 is 0 Å². The topological polar surface area (TPSA) is 44.4 Å². The van der Waals surface area contributed by atoms with Gasteiger partial charge in [-0.05, 0) is 56.2 Å². The third-order valence-electron chi connectivity index (χ3n) is 4.81. The average Bonchev–Trinajstić information content (AvgIpc) is 2.98. The van der Waals surface area contributed by atoms with Gasteiger partial charge in [-0.2, -0.15) is 0 Å². The zero-order valence-corrected chi connectivity index (χ0v) is 15.8. The van der Waals surface area contributed by atoms with Gasteiger partial charge in [-0.3, -0.25) is 4.79 Å². The molecule has 0 spiro atoms. The van der Waals surface area contributed by atoms with E-state index in [-0.39, 0.29) is 5.91 Å². The molecule has 0 saturated heterocycles. The first-order chi connectivity index (χ1) is 12.6. The second-order valence-corrected chi connectivity index (χ2v) is 6.63. The molecule has 0 aromatic heterocycles. The lowest BCUT2D eigenvalue weighted by atomic mass is 10.0. The Morgan fingerprint density at radius 3 is 2.58 bits per heavy atom. The van der Waals surface area contributed by atoms with E-state index in [4.69, 9.17) is 0 Å². The Balaban J connectivity index is 1.74. The summed E-state index contributed by atoms with van der Waals surface area (Å²) in [7, 11) is 0. The summed E-state index contributed by atoms with van der Waals surface area (Å²) in [5.74, 6) is -0.0601. The summed E-state index contributed by atoms with van der Waals surface area (Å²) in [6.07, 6.45) is 4.21. The molecular formula is C22H27N3O. The van der Waals surface area contributed by atoms with Gasteiger partial charge in [0.25, 0.3) is 5.91 Å². The first kappa shape index (κ1) is 18.1. The second-order valence-electron chi connectivity index (χ2n) is 6.63. The Kier molecular flexibility index (Phi) is 5.61. The average molecular weight is 349 g/mol. The highest BCUT2D eigenvalue weighted by Crippen LogP contribution is 2.34. The molecule has 0 atom stereocenters. The smallest absolute Gasteiger partial charge is 0.257 e. The van der Waals surface area contributed by atoms with Crippen LogP contribution in [0.3, 0.4) is 0 Å². The molecule has 1 amide bonds. The molecule has 0 fully saturated rings. The third kappa shape index (κ3) is 3.74. The predicted octanol–water partition coefficient (Wildman–Crippen LogP) is 5.03. The van der Waals surface area contributed by atoms with E-state index < -0.39 is 0 Å². The lowest BCUT2D eigenvalue weighted by Crippen LogP contribution is -2.23. The Labute approximate surface area is 155 Å². The Morgan fingerprint density at radius 1 is 1.12 bits per heavy atom. The third-order valence-corrected chi connectivity index (χ3v) is 4.81. The molecule has 0 bridgehead atoms. The number of hydrogen-bond acceptors (Lipinski definition) is 3. The fourth-order valence-electron chi connectivity index (χ4n) is 3.31. The number of amides is 1. The molecule has 0 aliphatic carbocycles. The number of hydrogen-bond donors (Lipinski definition) is 2. The number of rotatable bonds is 7. The van der Waals surface area contributed by atoms with Crippen molar-refractivity contribution >= 4 is 28.5 Å². The molecule has 1 aliphatic heterocycles. The van der Waals surface area contributed by atoms with E-state index in [2.05, 4.69) is 53.6 Å². The summed E-state index contributed by atoms with van der Waals surface area (Å²) in [6, 6.07) is 14.3. The number of unbranched alkanes of at least 4 members (excludes halogenated alkanes) is 1. The quantitative estimate of drug-likeness (QED) is 0.689. The molecule has 1 aliphatic rings. The van der Waals surface area contributed by atoms with Crippen LogP contribution in [0.2, 0.25) is 0 Å². The lowest BCUT2D eigenvalue weighted by molar-refractivity contribution is -0.110. The number of carbonyl (C=O) groups excluding carboxylic acids is 1. The van der Waals surface area contributed by atoms with E-state index in [9.17, 15) is 4.79 Å². The van der Waals surface area contributed by atoms with Crippen molar-refractivity contribution in [1.29, 1.82) is 0 Å². The summed E-state index contributed by atoms with van der Waals surface area (Å²) < 4.78 is 0. The fourth-order valence-corrected chi connectivity index (χ4v) is 3.31. The van der Waals surface area contributed by atoms with E-state index in [0.29, 0.717) is 5.57 Å². The molecule has 4 heteroatoms. The first-order valence-corrected chi connectivity index (χ1v) is 9.37. The molecule has 1 heterocycles. The Morgan fingerprint density at radius 2 is 1.88 bits per heavy atom. The van der Waals surface area contributed by atoms with Gasteiger partial charge in [-0.15, -0.1) is 0 Å². The number of fused-ring (bicyclic) bond motifs is 1. The highest BCUT2D eigenvalue weighted by atomic mass is 16.2. The Hall–Kier alpha value is -2.75. The van der Waals surface area contributed by atoms with E-state index in [0.717, 1.165) is 35.6 Å². The maximum Gasteiger partial charge on any atom is 0.257 e. The number of nitrogens with zero attached hydrogens (tertiary/aromatic N) is 1. The van der Waals surface area contributed by atoms with Crippen molar-refractivity contribution in [2.45, 2.75) is 33.6 Å². The summed E-state index contributed by atoms with van der Waals surface area (Å²) in [4.78, 5) is 14.6. The van der Waals surface area contributed by atoms with Gasteiger partial charge in [0.2, 0.25) is 0 Å². The SMILES string of the molecule is CCCCN(CC)c1ccc(N/C=C2/C(=O)Nc3cccc(C)c32)cc1. The molecule has 3 rings (SSSR count). The number of nitrogens with one attached hydrogen (secondary N) is 2. The summed E-state index contributed by atoms with van der Waals surface area (Å²) in [5.41, 5.74) is 5.85. The zero-order valence-electron chi connectivity index (χ0n) is 15.8. The van der Waals surface area contributed by atoms with Crippen molar-refractivity contribution in [3.8, 4) is 0 Å². The van der Waals surface area contributed by atoms with Crippen LogP contribution in [0.4, 0.5) is 17.1 Å². The zero-order chi connectivity index (χ0) is 18.5. The number of benzene rings is 2. The van der Waals surface area contributed by atoms with Crippen LogP contribution < -0.4 is 15.5 Å². The summed E-state index contributed by atoms with van der Waals surface area (Å²) in [5, 5.41) is 6.19. The normalized spacial score (nSPS) is 14.3. The standard InChI is InChI=1S/C22H27N3O/c1-4-6-14-25(5-2)18-12-10-17(11-13-18)23-15-19-21-16(3)8-7-9-20(21)24-22(19)26/h7-13,15,23H,4-6,14H2,1-3H3,(H,24,26)/b19-15+. The van der Waals surface area contributed by atoms with E-state index in [1.54, 1.807) is 6.20 Å². The minimum atomic E-state index is -0.0601. The van der Waals surface area contributed by atoms with E-state index in [1.807, 2.05) is 25.1 Å². The van der Waals surface area contributed by atoms with Crippen LogP contribution in [-0.4, -0.2) is 19.0 Å².